The normalized spacial score (nSPS) is 11.4. The van der Waals surface area contributed by atoms with Crippen molar-refractivity contribution in [2.45, 2.75) is 6.18 Å². The number of hydrazone groups is 1. The zero-order valence-electron chi connectivity index (χ0n) is 19.2. The van der Waals surface area contributed by atoms with Gasteiger partial charge in [0.15, 0.2) is 0 Å². The first-order chi connectivity index (χ1) is 17.3. The number of hydrogen-bond donors (Lipinski definition) is 2. The van der Waals surface area contributed by atoms with Crippen LogP contribution in [0, 0.1) is 0 Å². The molecule has 184 valence electrons. The first-order valence-corrected chi connectivity index (χ1v) is 10.9. The number of nitrogens with zero attached hydrogens (tertiary/aromatic N) is 3. The molecule has 0 bridgehead atoms. The van der Waals surface area contributed by atoms with Crippen LogP contribution in [0.4, 0.5) is 18.9 Å². The Balaban J connectivity index is 1.47. The number of methoxy groups -OCH3 is 1. The van der Waals surface area contributed by atoms with E-state index in [1.165, 1.54) is 18.3 Å². The number of alkyl halides is 3. The Morgan fingerprint density at radius 2 is 1.81 bits per heavy atom. The highest BCUT2D eigenvalue weighted by Crippen LogP contribution is 2.30. The van der Waals surface area contributed by atoms with Crippen molar-refractivity contribution in [2.75, 3.05) is 19.0 Å². The average Bonchev–Trinajstić information content (AvgIpc) is 3.32. The summed E-state index contributed by atoms with van der Waals surface area (Å²) < 4.78 is 45.5. The van der Waals surface area contributed by atoms with Gasteiger partial charge in [0, 0.05) is 23.0 Å². The summed E-state index contributed by atoms with van der Waals surface area (Å²) in [6, 6.07) is 21.5. The fourth-order valence-corrected chi connectivity index (χ4v) is 3.37. The molecule has 10 heteroatoms. The Kier molecular flexibility index (Phi) is 7.33. The minimum atomic E-state index is -4.46. The Bertz CT molecular complexity index is 1350. The van der Waals surface area contributed by atoms with Crippen LogP contribution in [0.1, 0.15) is 11.1 Å². The molecule has 1 heterocycles. The highest BCUT2D eigenvalue weighted by molar-refractivity contribution is 5.90. The van der Waals surface area contributed by atoms with Crippen LogP contribution in [0.2, 0.25) is 0 Å². The smallest absolute Gasteiger partial charge is 0.416 e. The molecule has 2 N–H and O–H groups in total. The number of carbonyl (C=O) groups excluding carboxylic acids is 1. The van der Waals surface area contributed by atoms with Crippen LogP contribution in [-0.4, -0.2) is 35.6 Å². The number of carbonyl (C=O) groups is 1. The van der Waals surface area contributed by atoms with Crippen LogP contribution in [0.25, 0.3) is 16.9 Å². The van der Waals surface area contributed by atoms with E-state index in [4.69, 9.17) is 4.74 Å². The van der Waals surface area contributed by atoms with E-state index in [0.717, 1.165) is 23.4 Å². The van der Waals surface area contributed by atoms with E-state index in [1.807, 2.05) is 54.6 Å². The van der Waals surface area contributed by atoms with E-state index in [2.05, 4.69) is 20.9 Å². The molecule has 1 amide bonds. The molecular formula is C26H22F3N5O2. The molecule has 0 fully saturated rings. The van der Waals surface area contributed by atoms with E-state index in [1.54, 1.807) is 18.0 Å². The number of nitrogens with one attached hydrogen (secondary N) is 2. The second kappa shape index (κ2) is 10.8. The summed E-state index contributed by atoms with van der Waals surface area (Å²) >= 11 is 0. The molecule has 4 rings (SSSR count). The minimum Gasteiger partial charge on any atom is -0.497 e. The van der Waals surface area contributed by atoms with E-state index in [9.17, 15) is 18.0 Å². The summed E-state index contributed by atoms with van der Waals surface area (Å²) in [4.78, 5) is 12.2. The van der Waals surface area contributed by atoms with Gasteiger partial charge in [-0.25, -0.2) is 10.1 Å². The lowest BCUT2D eigenvalue weighted by Gasteiger charge is -2.10. The van der Waals surface area contributed by atoms with Gasteiger partial charge in [-0.3, -0.25) is 4.79 Å². The second-order valence-corrected chi connectivity index (χ2v) is 7.67. The number of benzene rings is 3. The third kappa shape index (κ3) is 6.09. The molecule has 4 aromatic rings. The first-order valence-electron chi connectivity index (χ1n) is 10.9. The standard InChI is InChI=1S/C26H22F3N5O2/c1-36-23-12-10-18(11-13-23)25-19(17-34(33-25)22-8-3-2-4-9-22)15-31-32-24(35)16-30-21-7-5-6-20(14-21)26(27,28)29/h2-15,17,30H,16H2,1H3,(H,32,35)/b31-15-. The predicted molar refractivity (Wildman–Crippen MR) is 131 cm³/mol. The summed E-state index contributed by atoms with van der Waals surface area (Å²) in [5, 5.41) is 11.4. The Labute approximate surface area is 205 Å². The molecule has 7 nitrogen and oxygen atoms in total. The molecular weight excluding hydrogens is 471 g/mol. The zero-order valence-corrected chi connectivity index (χ0v) is 19.2. The van der Waals surface area contributed by atoms with Gasteiger partial charge in [0.1, 0.15) is 11.4 Å². The number of halogens is 3. The summed E-state index contributed by atoms with van der Waals surface area (Å²) in [6.07, 6.45) is -1.21. The summed E-state index contributed by atoms with van der Waals surface area (Å²) in [5.41, 5.74) is 4.72. The van der Waals surface area contributed by atoms with Crippen molar-refractivity contribution in [1.29, 1.82) is 0 Å². The fraction of sp³-hybridized carbons (Fsp3) is 0.115. The molecule has 1 aromatic heterocycles. The monoisotopic (exact) mass is 493 g/mol. The topological polar surface area (TPSA) is 80.5 Å². The largest absolute Gasteiger partial charge is 0.497 e. The molecule has 0 aliphatic rings. The second-order valence-electron chi connectivity index (χ2n) is 7.67. The number of amides is 1. The number of anilines is 1. The minimum absolute atomic E-state index is 0.176. The molecule has 0 unspecified atom stereocenters. The lowest BCUT2D eigenvalue weighted by molar-refractivity contribution is -0.137. The number of para-hydroxylation sites is 1. The van der Waals surface area contributed by atoms with Gasteiger partial charge < -0.3 is 10.1 Å². The zero-order chi connectivity index (χ0) is 25.5. The molecule has 0 radical (unpaired) electrons. The average molecular weight is 493 g/mol. The molecule has 0 saturated heterocycles. The summed E-state index contributed by atoms with van der Waals surface area (Å²) in [5.74, 6) is 0.183. The third-order valence-electron chi connectivity index (χ3n) is 5.16. The maximum absolute atomic E-state index is 12.9. The van der Waals surface area contributed by atoms with Gasteiger partial charge in [0.25, 0.3) is 5.91 Å². The van der Waals surface area contributed by atoms with Gasteiger partial charge in [-0.05, 0) is 54.6 Å². The Hall–Kier alpha value is -4.60. The Morgan fingerprint density at radius 3 is 2.50 bits per heavy atom. The SMILES string of the molecule is COc1ccc(-c2nn(-c3ccccc3)cc2/C=N\NC(=O)CNc2cccc(C(F)(F)F)c2)cc1. The van der Waals surface area contributed by atoms with Gasteiger partial charge in [0.05, 0.1) is 31.1 Å². The van der Waals surface area contributed by atoms with Gasteiger partial charge in [-0.2, -0.15) is 23.4 Å². The first kappa shape index (κ1) is 24.5. The lowest BCUT2D eigenvalue weighted by atomic mass is 10.1. The van der Waals surface area contributed by atoms with E-state index < -0.39 is 17.6 Å². The molecule has 0 saturated carbocycles. The van der Waals surface area contributed by atoms with Crippen molar-refractivity contribution in [3.63, 3.8) is 0 Å². The van der Waals surface area contributed by atoms with Gasteiger partial charge in [-0.15, -0.1) is 0 Å². The quantitative estimate of drug-likeness (QED) is 0.264. The molecule has 0 atom stereocenters. The number of hydrogen-bond acceptors (Lipinski definition) is 5. The van der Waals surface area contributed by atoms with Crippen molar-refractivity contribution in [2.24, 2.45) is 5.10 Å². The highest BCUT2D eigenvalue weighted by atomic mass is 19.4. The summed E-state index contributed by atoms with van der Waals surface area (Å²) in [6.45, 7) is -0.257. The van der Waals surface area contributed by atoms with Crippen molar-refractivity contribution >= 4 is 17.8 Å². The maximum atomic E-state index is 12.9. The van der Waals surface area contributed by atoms with Crippen molar-refractivity contribution in [1.82, 2.24) is 15.2 Å². The van der Waals surface area contributed by atoms with Crippen LogP contribution in [0.15, 0.2) is 90.2 Å². The number of aromatic nitrogens is 2. The van der Waals surface area contributed by atoms with E-state index in [0.29, 0.717) is 17.0 Å². The Morgan fingerprint density at radius 1 is 1.06 bits per heavy atom. The molecule has 3 aromatic carbocycles. The van der Waals surface area contributed by atoms with Crippen molar-refractivity contribution in [3.8, 4) is 22.7 Å². The molecule has 36 heavy (non-hydrogen) atoms. The lowest BCUT2D eigenvalue weighted by Crippen LogP contribution is -2.26. The van der Waals surface area contributed by atoms with Gasteiger partial charge in [0.2, 0.25) is 0 Å². The van der Waals surface area contributed by atoms with Crippen LogP contribution in [0.5, 0.6) is 5.75 Å². The fourth-order valence-electron chi connectivity index (χ4n) is 3.37. The predicted octanol–water partition coefficient (Wildman–Crippen LogP) is 5.13. The summed E-state index contributed by atoms with van der Waals surface area (Å²) in [7, 11) is 1.59. The van der Waals surface area contributed by atoms with Crippen LogP contribution >= 0.6 is 0 Å². The molecule has 0 aliphatic carbocycles. The van der Waals surface area contributed by atoms with Crippen molar-refractivity contribution < 1.29 is 22.7 Å². The third-order valence-corrected chi connectivity index (χ3v) is 5.16. The van der Waals surface area contributed by atoms with Crippen molar-refractivity contribution in [3.05, 3.63) is 96.2 Å². The van der Waals surface area contributed by atoms with Gasteiger partial charge >= 0.3 is 6.18 Å². The maximum Gasteiger partial charge on any atom is 0.416 e. The van der Waals surface area contributed by atoms with Gasteiger partial charge in [-0.1, -0.05) is 24.3 Å². The number of ether oxygens (including phenoxy) is 1. The van der Waals surface area contributed by atoms with Crippen LogP contribution < -0.4 is 15.5 Å². The highest BCUT2D eigenvalue weighted by Gasteiger charge is 2.30. The van der Waals surface area contributed by atoms with E-state index >= 15 is 0 Å². The number of rotatable bonds is 8. The van der Waals surface area contributed by atoms with Crippen LogP contribution in [-0.2, 0) is 11.0 Å². The van der Waals surface area contributed by atoms with Crippen LogP contribution in [0.3, 0.4) is 0 Å². The van der Waals surface area contributed by atoms with E-state index in [-0.39, 0.29) is 12.2 Å². The molecule has 0 aliphatic heterocycles. The molecule has 0 spiro atoms.